The summed E-state index contributed by atoms with van der Waals surface area (Å²) >= 11 is 0. The van der Waals surface area contributed by atoms with Gasteiger partial charge in [0.25, 0.3) is 0 Å². The monoisotopic (exact) mass is 220 g/mol. The van der Waals surface area contributed by atoms with Gasteiger partial charge in [0.15, 0.2) is 0 Å². The van der Waals surface area contributed by atoms with E-state index in [1.165, 1.54) is 0 Å². The third-order valence-corrected chi connectivity index (χ3v) is 1.89. The van der Waals surface area contributed by atoms with Gasteiger partial charge in [-0.2, -0.15) is 0 Å². The summed E-state index contributed by atoms with van der Waals surface area (Å²) < 4.78 is 4.73. The number of hydrogen-bond acceptors (Lipinski definition) is 3. The Morgan fingerprint density at radius 2 is 1.69 bits per heavy atom. The minimum Gasteiger partial charge on any atom is -0.389 e. The maximum absolute atomic E-state index is 11.5. The van der Waals surface area contributed by atoms with Gasteiger partial charge in [-0.15, -0.1) is 0 Å². The number of carbonyl (C=O) groups excluding carboxylic acids is 2. The average Bonchev–Trinajstić information content (AvgIpc) is 2.16. The molecule has 0 aliphatic heterocycles. The zero-order chi connectivity index (χ0) is 12.2. The Balaban J connectivity index is 2.56. The van der Waals surface area contributed by atoms with Crippen molar-refractivity contribution in [3.63, 3.8) is 0 Å². The predicted molar refractivity (Wildman–Crippen MR) is 60.9 cm³/mol. The van der Waals surface area contributed by atoms with Gasteiger partial charge in [0.1, 0.15) is 0 Å². The molecule has 3 heteroatoms. The van der Waals surface area contributed by atoms with Gasteiger partial charge in [-0.1, -0.05) is 39.0 Å². The fourth-order valence-corrected chi connectivity index (χ4v) is 1.21. The molecule has 1 rings (SSSR count). The van der Waals surface area contributed by atoms with Crippen LogP contribution in [0.2, 0.25) is 0 Å². The molecule has 0 fully saturated rings. The van der Waals surface area contributed by atoms with Crippen LogP contribution in [0, 0.1) is 5.41 Å². The fraction of sp³-hybridized carbons (Fsp3) is 0.385. The molecule has 0 unspecified atom stereocenters. The molecular formula is C13H16O3. The first-order valence-corrected chi connectivity index (χ1v) is 5.18. The van der Waals surface area contributed by atoms with Gasteiger partial charge in [0, 0.05) is 0 Å². The molecule has 0 heterocycles. The van der Waals surface area contributed by atoms with Crippen molar-refractivity contribution < 1.29 is 14.3 Å². The topological polar surface area (TPSA) is 43.4 Å². The summed E-state index contributed by atoms with van der Waals surface area (Å²) in [6.45, 7) is 5.75. The molecule has 0 spiro atoms. The molecule has 16 heavy (non-hydrogen) atoms. The molecule has 0 N–H and O–H groups in total. The number of benzene rings is 1. The summed E-state index contributed by atoms with van der Waals surface area (Å²) in [6.07, 6.45) is 0.228. The highest BCUT2D eigenvalue weighted by atomic mass is 16.6. The van der Waals surface area contributed by atoms with Gasteiger partial charge in [-0.3, -0.25) is 4.79 Å². The van der Waals surface area contributed by atoms with Crippen molar-refractivity contribution in [3.05, 3.63) is 35.9 Å². The van der Waals surface area contributed by atoms with E-state index in [0.29, 0.717) is 5.56 Å². The van der Waals surface area contributed by atoms with E-state index >= 15 is 0 Å². The molecule has 86 valence electrons. The van der Waals surface area contributed by atoms with E-state index in [9.17, 15) is 9.59 Å². The van der Waals surface area contributed by atoms with Gasteiger partial charge in [0.05, 0.1) is 12.0 Å². The molecule has 0 aliphatic rings. The second-order valence-electron chi connectivity index (χ2n) is 4.86. The Hall–Kier alpha value is -1.64. The largest absolute Gasteiger partial charge is 0.389 e. The molecule has 0 saturated carbocycles. The second kappa shape index (κ2) is 4.92. The first-order valence-electron chi connectivity index (χ1n) is 5.18. The Kier molecular flexibility index (Phi) is 3.82. The van der Waals surface area contributed by atoms with Crippen LogP contribution in [-0.2, 0) is 9.53 Å². The first-order chi connectivity index (χ1) is 7.38. The molecule has 1 aromatic rings. The lowest BCUT2D eigenvalue weighted by atomic mass is 9.92. The molecule has 3 nitrogen and oxygen atoms in total. The highest BCUT2D eigenvalue weighted by Crippen LogP contribution is 2.19. The van der Waals surface area contributed by atoms with Crippen LogP contribution in [0.4, 0.5) is 0 Å². The lowest BCUT2D eigenvalue weighted by molar-refractivity contribution is -0.139. The first kappa shape index (κ1) is 12.4. The van der Waals surface area contributed by atoms with Crippen molar-refractivity contribution in [3.8, 4) is 0 Å². The summed E-state index contributed by atoms with van der Waals surface area (Å²) in [5, 5.41) is 0. The van der Waals surface area contributed by atoms with E-state index in [4.69, 9.17) is 4.74 Å². The Morgan fingerprint density at radius 1 is 1.12 bits per heavy atom. The quantitative estimate of drug-likeness (QED) is 0.568. The number of carbonyl (C=O) groups is 2. The van der Waals surface area contributed by atoms with Crippen molar-refractivity contribution in [2.45, 2.75) is 27.2 Å². The van der Waals surface area contributed by atoms with Gasteiger partial charge < -0.3 is 4.74 Å². The predicted octanol–water partition coefficient (Wildman–Crippen LogP) is 2.81. The SMILES string of the molecule is CC(C)(C)CC(=O)OC(=O)c1ccccc1. The molecule has 0 radical (unpaired) electrons. The molecule has 0 aromatic heterocycles. The number of hydrogen-bond donors (Lipinski definition) is 0. The van der Waals surface area contributed by atoms with E-state index in [1.807, 2.05) is 20.8 Å². The normalized spacial score (nSPS) is 10.9. The third kappa shape index (κ3) is 4.26. The molecule has 1 aromatic carbocycles. The van der Waals surface area contributed by atoms with E-state index in [0.717, 1.165) is 0 Å². The summed E-state index contributed by atoms with van der Waals surface area (Å²) in [7, 11) is 0. The van der Waals surface area contributed by atoms with Crippen molar-refractivity contribution in [2.24, 2.45) is 5.41 Å². The molecule has 0 amide bonds. The van der Waals surface area contributed by atoms with Crippen molar-refractivity contribution in [1.29, 1.82) is 0 Å². The molecular weight excluding hydrogens is 204 g/mol. The Labute approximate surface area is 95.4 Å². The zero-order valence-electron chi connectivity index (χ0n) is 9.82. The third-order valence-electron chi connectivity index (χ3n) is 1.89. The Bertz CT molecular complexity index is 374. The minimum absolute atomic E-state index is 0.173. The van der Waals surface area contributed by atoms with Crippen LogP contribution in [-0.4, -0.2) is 11.9 Å². The van der Waals surface area contributed by atoms with Crippen LogP contribution in [0.1, 0.15) is 37.6 Å². The van der Waals surface area contributed by atoms with Crippen LogP contribution in [0.15, 0.2) is 30.3 Å². The maximum atomic E-state index is 11.5. The van der Waals surface area contributed by atoms with E-state index in [-0.39, 0.29) is 11.8 Å². The summed E-state index contributed by atoms with van der Waals surface area (Å²) in [4.78, 5) is 22.9. The number of rotatable bonds is 2. The Morgan fingerprint density at radius 3 is 2.19 bits per heavy atom. The number of esters is 2. The average molecular weight is 220 g/mol. The minimum atomic E-state index is -0.588. The van der Waals surface area contributed by atoms with Crippen molar-refractivity contribution >= 4 is 11.9 Å². The second-order valence-corrected chi connectivity index (χ2v) is 4.86. The summed E-state index contributed by atoms with van der Waals surface area (Å²) in [5.74, 6) is -1.07. The van der Waals surface area contributed by atoms with Crippen LogP contribution in [0.3, 0.4) is 0 Å². The molecule has 0 atom stereocenters. The maximum Gasteiger partial charge on any atom is 0.345 e. The van der Waals surface area contributed by atoms with Gasteiger partial charge in [0.2, 0.25) is 0 Å². The highest BCUT2D eigenvalue weighted by molar-refractivity contribution is 5.96. The number of ether oxygens (including phenoxy) is 1. The van der Waals surface area contributed by atoms with Gasteiger partial charge >= 0.3 is 11.9 Å². The molecule has 0 saturated heterocycles. The van der Waals surface area contributed by atoms with Gasteiger partial charge in [-0.25, -0.2) is 4.79 Å². The lowest BCUT2D eigenvalue weighted by Crippen LogP contribution is -2.18. The van der Waals surface area contributed by atoms with Crippen LogP contribution >= 0.6 is 0 Å². The summed E-state index contributed by atoms with van der Waals surface area (Å²) in [6, 6.07) is 8.49. The lowest BCUT2D eigenvalue weighted by Gasteiger charge is -2.15. The zero-order valence-corrected chi connectivity index (χ0v) is 9.82. The highest BCUT2D eigenvalue weighted by Gasteiger charge is 2.20. The smallest absolute Gasteiger partial charge is 0.345 e. The van der Waals surface area contributed by atoms with E-state index < -0.39 is 11.9 Å². The fourth-order valence-electron chi connectivity index (χ4n) is 1.21. The van der Waals surface area contributed by atoms with Crippen LogP contribution in [0.25, 0.3) is 0 Å². The van der Waals surface area contributed by atoms with Crippen LogP contribution < -0.4 is 0 Å². The molecule has 0 aliphatic carbocycles. The van der Waals surface area contributed by atoms with Crippen molar-refractivity contribution in [2.75, 3.05) is 0 Å². The van der Waals surface area contributed by atoms with Gasteiger partial charge in [-0.05, 0) is 17.5 Å². The standard InChI is InChI=1S/C13H16O3/c1-13(2,3)9-11(14)16-12(15)10-7-5-4-6-8-10/h4-8H,9H2,1-3H3. The van der Waals surface area contributed by atoms with E-state index in [2.05, 4.69) is 0 Å². The van der Waals surface area contributed by atoms with Crippen LogP contribution in [0.5, 0.6) is 0 Å². The summed E-state index contributed by atoms with van der Waals surface area (Å²) in [5.41, 5.74) is 0.221. The van der Waals surface area contributed by atoms with E-state index in [1.54, 1.807) is 30.3 Å². The molecule has 0 bridgehead atoms. The van der Waals surface area contributed by atoms with Crippen molar-refractivity contribution in [1.82, 2.24) is 0 Å².